The molecule has 0 amide bonds. The number of rotatable bonds is 4. The van der Waals surface area contributed by atoms with Gasteiger partial charge in [0.15, 0.2) is 17.5 Å². The number of hydrogen-bond donors (Lipinski definition) is 0. The van der Waals surface area contributed by atoms with Crippen LogP contribution in [0.5, 0.6) is 0 Å². The summed E-state index contributed by atoms with van der Waals surface area (Å²) in [5, 5.41) is 4.53. The monoisotopic (exact) mass is 684 g/mol. The van der Waals surface area contributed by atoms with Crippen LogP contribution in [-0.2, 0) is 0 Å². The number of hydrogen-bond acceptors (Lipinski definition) is 4. The van der Waals surface area contributed by atoms with Crippen molar-refractivity contribution in [3.05, 3.63) is 84.9 Å². The van der Waals surface area contributed by atoms with Crippen molar-refractivity contribution in [2.45, 2.75) is 0 Å². The Morgan fingerprint density at radius 1 is 0.407 bits per heavy atom. The first-order valence-corrected chi connectivity index (χ1v) is 18.8. The third-order valence-electron chi connectivity index (χ3n) is 12.6. The zero-order chi connectivity index (χ0) is 37.7. The molecule has 9 aromatic rings. The SMILES string of the molecule is Bc1c(B)c(B)c(-c2nc(-c3c(B)c(B)c(B)c(B)c3B)nc(-c3cccc4c3oc3cccc(-n5c6ccccc6c6ccccc65)c34)n2)c(B)c1B. The summed E-state index contributed by atoms with van der Waals surface area (Å²) in [6.07, 6.45) is 0. The Bertz CT molecular complexity index is 2880. The molecule has 0 aliphatic rings. The molecule has 9 rings (SSSR count). The van der Waals surface area contributed by atoms with E-state index in [9.17, 15) is 0 Å². The molecule has 15 heteroatoms. The Hall–Kier alpha value is -5.42. The van der Waals surface area contributed by atoms with Crippen molar-refractivity contribution < 1.29 is 4.42 Å². The van der Waals surface area contributed by atoms with Gasteiger partial charge in [-0.05, 0) is 30.3 Å². The number of furan rings is 1. The molecule has 0 radical (unpaired) electrons. The van der Waals surface area contributed by atoms with E-state index in [1.807, 2.05) is 0 Å². The Morgan fingerprint density at radius 3 is 1.35 bits per heavy atom. The van der Waals surface area contributed by atoms with Crippen molar-refractivity contribution in [3.63, 3.8) is 0 Å². The van der Waals surface area contributed by atoms with Crippen molar-refractivity contribution in [2.24, 2.45) is 0 Å². The highest BCUT2D eigenvalue weighted by molar-refractivity contribution is 6.69. The summed E-state index contributed by atoms with van der Waals surface area (Å²) in [5.74, 6) is 1.97. The molecule has 5 nitrogen and oxygen atoms in total. The topological polar surface area (TPSA) is 56.7 Å². The summed E-state index contributed by atoms with van der Waals surface area (Å²) in [5.41, 5.74) is 20.4. The lowest BCUT2D eigenvalue weighted by molar-refractivity contribution is 0.669. The predicted molar refractivity (Wildman–Crippen MR) is 260 cm³/mol. The van der Waals surface area contributed by atoms with Gasteiger partial charge < -0.3 is 8.98 Å². The van der Waals surface area contributed by atoms with Crippen molar-refractivity contribution in [3.8, 4) is 39.9 Å². The minimum absolute atomic E-state index is 0.599. The molecule has 0 saturated carbocycles. The summed E-state index contributed by atoms with van der Waals surface area (Å²) in [4.78, 5) is 16.0. The van der Waals surface area contributed by atoms with Crippen LogP contribution < -0.4 is 54.6 Å². The first-order valence-electron chi connectivity index (χ1n) is 18.8. The molecule has 6 aromatic carbocycles. The van der Waals surface area contributed by atoms with Gasteiger partial charge in [-0.1, -0.05) is 76.4 Å². The fourth-order valence-corrected chi connectivity index (χ4v) is 8.76. The highest BCUT2D eigenvalue weighted by atomic mass is 16.3. The van der Waals surface area contributed by atoms with Gasteiger partial charge in [0, 0.05) is 27.3 Å². The molecule has 3 heterocycles. The number of nitrogens with zero attached hydrogens (tertiary/aromatic N) is 4. The van der Waals surface area contributed by atoms with Crippen LogP contribution in [0.4, 0.5) is 0 Å². The predicted octanol–water partition coefficient (Wildman–Crippen LogP) is -7.55. The van der Waals surface area contributed by atoms with Crippen LogP contribution in [0, 0.1) is 0 Å². The van der Waals surface area contributed by atoms with Crippen LogP contribution in [0.1, 0.15) is 0 Å². The average molecular weight is 683 g/mol. The zero-order valence-electron chi connectivity index (χ0n) is 32.8. The largest absolute Gasteiger partial charge is 0.455 e. The first kappa shape index (κ1) is 34.4. The number of aromatic nitrogens is 4. The van der Waals surface area contributed by atoms with Crippen molar-refractivity contribution in [2.75, 3.05) is 0 Å². The molecule has 0 atom stereocenters. The summed E-state index contributed by atoms with van der Waals surface area (Å²) in [6, 6.07) is 30.0. The third-order valence-corrected chi connectivity index (χ3v) is 12.6. The molecular formula is C39H34B10N4O. The highest BCUT2D eigenvalue weighted by Gasteiger charge is 2.24. The molecule has 54 heavy (non-hydrogen) atoms. The second-order valence-electron chi connectivity index (χ2n) is 15.1. The third kappa shape index (κ3) is 4.90. The summed E-state index contributed by atoms with van der Waals surface area (Å²) >= 11 is 0. The van der Waals surface area contributed by atoms with Crippen LogP contribution >= 0.6 is 0 Å². The van der Waals surface area contributed by atoms with E-state index in [1.54, 1.807) is 0 Å². The van der Waals surface area contributed by atoms with Gasteiger partial charge in [0.25, 0.3) is 0 Å². The fraction of sp³-hybridized carbons (Fsp3) is 0. The van der Waals surface area contributed by atoms with Crippen LogP contribution in [0.25, 0.3) is 83.6 Å². The van der Waals surface area contributed by atoms with Crippen molar-refractivity contribution >= 4 is 177 Å². The molecular weight excluding hydrogens is 649 g/mol. The summed E-state index contributed by atoms with van der Waals surface area (Å²) in [7, 11) is 22.0. The van der Waals surface area contributed by atoms with Gasteiger partial charge in [0.05, 0.1) is 27.7 Å². The van der Waals surface area contributed by atoms with Gasteiger partial charge >= 0.3 is 0 Å². The van der Waals surface area contributed by atoms with Gasteiger partial charge in [-0.2, -0.15) is 0 Å². The molecule has 3 aromatic heterocycles. The standard InChI is InChI=1S/C39H34B10N4O/c40-26-24(27(41)31(45)34(48)30(26)44)38-50-37(51-39(52-38)25-28(42)32(46)35(49)33(47)29(25)43)18-10-5-9-17-23-21(13-6-14-22(23)54-36(17)18)53-19-11-3-1-7-15(19)16-8-2-4-12-20(16)53/h1-14H,40-49H2. The van der Waals surface area contributed by atoms with E-state index in [4.69, 9.17) is 19.4 Å². The minimum Gasteiger partial charge on any atom is -0.455 e. The van der Waals surface area contributed by atoms with E-state index in [-0.39, 0.29) is 0 Å². The molecule has 246 valence electrons. The van der Waals surface area contributed by atoms with Crippen LogP contribution in [0.15, 0.2) is 89.3 Å². The molecule has 0 saturated heterocycles. The van der Waals surface area contributed by atoms with Gasteiger partial charge in [-0.15, -0.1) is 32.8 Å². The lowest BCUT2D eigenvalue weighted by Gasteiger charge is -2.22. The average Bonchev–Trinajstić information content (AvgIpc) is 3.74. The quantitative estimate of drug-likeness (QED) is 0.173. The van der Waals surface area contributed by atoms with Gasteiger partial charge in [0.2, 0.25) is 0 Å². The van der Waals surface area contributed by atoms with E-state index in [2.05, 4.69) is 168 Å². The Labute approximate surface area is 324 Å². The minimum atomic E-state index is 0.599. The molecule has 0 spiro atoms. The second kappa shape index (κ2) is 12.6. The maximum Gasteiger partial charge on any atom is 0.167 e. The van der Waals surface area contributed by atoms with Crippen molar-refractivity contribution in [1.29, 1.82) is 0 Å². The Kier molecular flexibility index (Phi) is 8.00. The molecule has 0 aliphatic carbocycles. The van der Waals surface area contributed by atoms with Crippen LogP contribution in [-0.4, -0.2) is 98.0 Å². The van der Waals surface area contributed by atoms with Gasteiger partial charge in [-0.25, -0.2) is 15.0 Å². The first-order chi connectivity index (χ1) is 26.0. The number of benzene rings is 6. The molecule has 0 bridgehead atoms. The van der Waals surface area contributed by atoms with E-state index in [0.29, 0.717) is 17.5 Å². The maximum atomic E-state index is 6.88. The maximum absolute atomic E-state index is 6.88. The molecule has 0 fully saturated rings. The normalized spacial score (nSPS) is 11.7. The lowest BCUT2D eigenvalue weighted by atomic mass is 9.60. The Morgan fingerprint density at radius 2 is 0.833 bits per heavy atom. The highest BCUT2D eigenvalue weighted by Crippen LogP contribution is 2.41. The van der Waals surface area contributed by atoms with E-state index in [1.165, 1.54) is 65.4 Å². The molecule has 0 N–H and O–H groups in total. The molecule has 0 aliphatic heterocycles. The van der Waals surface area contributed by atoms with Crippen LogP contribution in [0.3, 0.4) is 0 Å². The summed E-state index contributed by atoms with van der Waals surface area (Å²) < 4.78 is 9.25. The van der Waals surface area contributed by atoms with Gasteiger partial charge in [-0.3, -0.25) is 0 Å². The smallest absolute Gasteiger partial charge is 0.167 e. The molecule has 0 unspecified atom stereocenters. The zero-order valence-corrected chi connectivity index (χ0v) is 32.8. The number of para-hydroxylation sites is 3. The van der Waals surface area contributed by atoms with Crippen LogP contribution in [0.2, 0.25) is 0 Å². The summed E-state index contributed by atoms with van der Waals surface area (Å²) in [6.45, 7) is 0. The lowest BCUT2D eigenvalue weighted by Crippen LogP contribution is -2.55. The fourth-order valence-electron chi connectivity index (χ4n) is 8.76. The van der Waals surface area contributed by atoms with Gasteiger partial charge in [0.1, 0.15) is 89.6 Å². The Balaban J connectivity index is 1.36. The van der Waals surface area contributed by atoms with E-state index < -0.39 is 0 Å². The second-order valence-corrected chi connectivity index (χ2v) is 15.1. The van der Waals surface area contributed by atoms with E-state index >= 15 is 0 Å². The number of fused-ring (bicyclic) bond motifs is 6. The van der Waals surface area contributed by atoms with E-state index in [0.717, 1.165) is 55.3 Å². The van der Waals surface area contributed by atoms with Crippen molar-refractivity contribution in [1.82, 2.24) is 19.5 Å².